The van der Waals surface area contributed by atoms with Crippen LogP contribution in [0.25, 0.3) is 0 Å². The Morgan fingerprint density at radius 3 is 2.44 bits per heavy atom. The Kier molecular flexibility index (Phi) is 6.24. The molecule has 1 aromatic carbocycles. The van der Waals surface area contributed by atoms with Crippen LogP contribution in [0.4, 0.5) is 5.69 Å². The maximum Gasteiger partial charge on any atom is 0.329 e. The second-order valence-corrected chi connectivity index (χ2v) is 6.65. The van der Waals surface area contributed by atoms with Crippen LogP contribution < -0.4 is 5.32 Å². The molecule has 1 heterocycles. The number of hydrogen-bond acceptors (Lipinski definition) is 6. The summed E-state index contributed by atoms with van der Waals surface area (Å²) >= 11 is 1.29. The van der Waals surface area contributed by atoms with Gasteiger partial charge in [0, 0.05) is 12.1 Å². The van der Waals surface area contributed by atoms with Crippen molar-refractivity contribution in [3.8, 4) is 0 Å². The molecule has 0 aliphatic rings. The van der Waals surface area contributed by atoms with Gasteiger partial charge < -0.3 is 10.1 Å². The largest absolute Gasteiger partial charge is 0.459 e. The Balaban J connectivity index is 1.95. The number of carbonyl (C=O) groups is 2. The van der Waals surface area contributed by atoms with Crippen LogP contribution >= 0.6 is 11.3 Å². The highest BCUT2D eigenvalue weighted by Gasteiger charge is 2.26. The zero-order chi connectivity index (χ0) is 18.4. The van der Waals surface area contributed by atoms with Crippen molar-refractivity contribution in [3.05, 3.63) is 62.3 Å². The number of hydrogen-bond donors (Lipinski definition) is 1. The molecule has 0 saturated heterocycles. The van der Waals surface area contributed by atoms with Crippen LogP contribution in [0.5, 0.6) is 0 Å². The molecular formula is C17H18N2O5S. The monoisotopic (exact) mass is 362 g/mol. The molecule has 0 unspecified atom stereocenters. The third kappa shape index (κ3) is 5.12. The maximum atomic E-state index is 12.3. The molecule has 0 aliphatic heterocycles. The predicted molar refractivity (Wildman–Crippen MR) is 93.3 cm³/mol. The molecule has 8 heteroatoms. The third-order valence-corrected chi connectivity index (χ3v) is 4.35. The van der Waals surface area contributed by atoms with Gasteiger partial charge in [-0.05, 0) is 35.1 Å². The minimum absolute atomic E-state index is 0.0189. The van der Waals surface area contributed by atoms with E-state index in [2.05, 4.69) is 5.32 Å². The van der Waals surface area contributed by atoms with E-state index in [9.17, 15) is 19.7 Å². The highest BCUT2D eigenvalue weighted by Crippen LogP contribution is 2.14. The van der Waals surface area contributed by atoms with Crippen LogP contribution in [0.1, 0.15) is 29.1 Å². The molecule has 1 aromatic heterocycles. The number of nitrogens with one attached hydrogen (secondary N) is 1. The average Bonchev–Trinajstić information content (AvgIpc) is 3.12. The number of nitro groups is 1. The van der Waals surface area contributed by atoms with Gasteiger partial charge in [0.1, 0.15) is 12.6 Å². The van der Waals surface area contributed by atoms with Crippen LogP contribution in [0.2, 0.25) is 0 Å². The lowest BCUT2D eigenvalue weighted by atomic mass is 10.0. The lowest BCUT2D eigenvalue weighted by Gasteiger charge is -2.20. The second-order valence-electron chi connectivity index (χ2n) is 5.70. The lowest BCUT2D eigenvalue weighted by Crippen LogP contribution is -2.45. The van der Waals surface area contributed by atoms with Crippen molar-refractivity contribution in [1.29, 1.82) is 0 Å². The molecule has 0 saturated carbocycles. The minimum Gasteiger partial charge on any atom is -0.459 e. The van der Waals surface area contributed by atoms with E-state index in [1.165, 1.54) is 35.6 Å². The molecule has 0 bridgehead atoms. The van der Waals surface area contributed by atoms with Gasteiger partial charge >= 0.3 is 5.97 Å². The van der Waals surface area contributed by atoms with Crippen LogP contribution in [-0.4, -0.2) is 22.8 Å². The van der Waals surface area contributed by atoms with E-state index >= 15 is 0 Å². The Morgan fingerprint density at radius 2 is 1.92 bits per heavy atom. The van der Waals surface area contributed by atoms with E-state index < -0.39 is 16.9 Å². The molecule has 2 rings (SSSR count). The van der Waals surface area contributed by atoms with E-state index in [-0.39, 0.29) is 24.1 Å². The highest BCUT2D eigenvalue weighted by atomic mass is 32.1. The fourth-order valence-electron chi connectivity index (χ4n) is 2.08. The number of nitro benzene ring substituents is 1. The molecule has 1 N–H and O–H groups in total. The number of benzene rings is 1. The van der Waals surface area contributed by atoms with E-state index in [1.54, 1.807) is 17.5 Å². The third-order valence-electron chi connectivity index (χ3n) is 3.48. The summed E-state index contributed by atoms with van der Waals surface area (Å²) in [6.45, 7) is 3.61. The van der Waals surface area contributed by atoms with E-state index in [0.717, 1.165) is 0 Å². The van der Waals surface area contributed by atoms with E-state index in [1.807, 2.05) is 13.8 Å². The number of thiophene rings is 1. The van der Waals surface area contributed by atoms with E-state index in [4.69, 9.17) is 4.74 Å². The lowest BCUT2D eigenvalue weighted by molar-refractivity contribution is -0.384. The first-order chi connectivity index (χ1) is 11.9. The van der Waals surface area contributed by atoms with Crippen LogP contribution in [0.3, 0.4) is 0 Å². The molecule has 0 aliphatic carbocycles. The van der Waals surface area contributed by atoms with Crippen LogP contribution in [0, 0.1) is 16.0 Å². The molecule has 1 amide bonds. The van der Waals surface area contributed by atoms with Crippen LogP contribution in [0.15, 0.2) is 41.8 Å². The molecule has 7 nitrogen and oxygen atoms in total. The molecule has 132 valence electrons. The summed E-state index contributed by atoms with van der Waals surface area (Å²) in [6.07, 6.45) is 0. The van der Waals surface area contributed by atoms with Crippen molar-refractivity contribution in [1.82, 2.24) is 5.32 Å². The molecule has 0 spiro atoms. The van der Waals surface area contributed by atoms with Gasteiger partial charge in [0.05, 0.1) is 9.80 Å². The van der Waals surface area contributed by atoms with E-state index in [0.29, 0.717) is 10.4 Å². The summed E-state index contributed by atoms with van der Waals surface area (Å²) in [5.74, 6) is -1.01. The van der Waals surface area contributed by atoms with Gasteiger partial charge in [0.15, 0.2) is 0 Å². The number of carbonyl (C=O) groups excluding carboxylic acids is 2. The van der Waals surface area contributed by atoms with Crippen molar-refractivity contribution in [2.24, 2.45) is 5.92 Å². The van der Waals surface area contributed by atoms with Crippen molar-refractivity contribution in [2.45, 2.75) is 26.5 Å². The summed E-state index contributed by atoms with van der Waals surface area (Å²) in [5.41, 5.74) is 0.601. The molecule has 0 fully saturated rings. The average molecular weight is 362 g/mol. The minimum atomic E-state index is -0.771. The second kappa shape index (κ2) is 8.39. The van der Waals surface area contributed by atoms with Crippen molar-refractivity contribution < 1.29 is 19.2 Å². The number of amides is 1. The standard InChI is InChI=1S/C17H18N2O5S/c1-11(2)15(18-16(20)14-4-3-9-25-14)17(21)24-10-12-5-7-13(8-6-12)19(22)23/h3-9,11,15H,10H2,1-2H3,(H,18,20)/t15-/m1/s1. The highest BCUT2D eigenvalue weighted by molar-refractivity contribution is 7.12. The number of rotatable bonds is 7. The van der Waals surface area contributed by atoms with Gasteiger partial charge in [-0.1, -0.05) is 19.9 Å². The molecule has 2 aromatic rings. The predicted octanol–water partition coefficient (Wildman–Crippen LogP) is 3.15. The normalized spacial score (nSPS) is 11.8. The van der Waals surface area contributed by atoms with Gasteiger partial charge in [-0.3, -0.25) is 14.9 Å². The summed E-state index contributed by atoms with van der Waals surface area (Å²) < 4.78 is 5.25. The first-order valence-corrected chi connectivity index (χ1v) is 8.50. The Bertz CT molecular complexity index is 741. The summed E-state index contributed by atoms with van der Waals surface area (Å²) in [7, 11) is 0. The maximum absolute atomic E-state index is 12.3. The molecule has 25 heavy (non-hydrogen) atoms. The Hall–Kier alpha value is -2.74. The van der Waals surface area contributed by atoms with Gasteiger partial charge in [-0.2, -0.15) is 0 Å². The van der Waals surface area contributed by atoms with Crippen molar-refractivity contribution in [3.63, 3.8) is 0 Å². The van der Waals surface area contributed by atoms with Gasteiger partial charge in [0.25, 0.3) is 11.6 Å². The van der Waals surface area contributed by atoms with Gasteiger partial charge in [0.2, 0.25) is 0 Å². The molecular weight excluding hydrogens is 344 g/mol. The first kappa shape index (κ1) is 18.6. The SMILES string of the molecule is CC(C)[C@@H](NC(=O)c1cccs1)C(=O)OCc1ccc([N+](=O)[O-])cc1. The Labute approximate surface area is 148 Å². The molecule has 0 radical (unpaired) electrons. The van der Waals surface area contributed by atoms with Gasteiger partial charge in [-0.25, -0.2) is 4.79 Å². The summed E-state index contributed by atoms with van der Waals surface area (Å²) in [5, 5.41) is 15.1. The number of ether oxygens (including phenoxy) is 1. The zero-order valence-corrected chi connectivity index (χ0v) is 14.6. The van der Waals surface area contributed by atoms with Gasteiger partial charge in [-0.15, -0.1) is 11.3 Å². The van der Waals surface area contributed by atoms with Crippen molar-refractivity contribution >= 4 is 28.9 Å². The number of non-ortho nitro benzene ring substituents is 1. The number of esters is 1. The number of nitrogens with zero attached hydrogens (tertiary/aromatic N) is 1. The zero-order valence-electron chi connectivity index (χ0n) is 13.8. The molecule has 1 atom stereocenters. The van der Waals surface area contributed by atoms with Crippen LogP contribution in [-0.2, 0) is 16.1 Å². The first-order valence-electron chi connectivity index (χ1n) is 7.63. The topological polar surface area (TPSA) is 98.5 Å². The Morgan fingerprint density at radius 1 is 1.24 bits per heavy atom. The fourth-order valence-corrected chi connectivity index (χ4v) is 2.70. The smallest absolute Gasteiger partial charge is 0.329 e. The summed E-state index contributed by atoms with van der Waals surface area (Å²) in [6, 6.07) is 8.42. The quantitative estimate of drug-likeness (QED) is 0.463. The fraction of sp³-hybridized carbons (Fsp3) is 0.294. The van der Waals surface area contributed by atoms with Crippen molar-refractivity contribution in [2.75, 3.05) is 0 Å². The summed E-state index contributed by atoms with van der Waals surface area (Å²) in [4.78, 5) is 35.1.